The van der Waals surface area contributed by atoms with E-state index in [1.807, 2.05) is 24.3 Å². The van der Waals surface area contributed by atoms with Crippen LogP contribution in [0.2, 0.25) is 0 Å². The fraction of sp³-hybridized carbons (Fsp3) is 0.143. The SMILES string of the molecule is Cn1cc(CC(=O)c2cc(N)c3ccccc3n2)nn1. The number of nitrogens with zero attached hydrogens (tertiary/aromatic N) is 4. The second kappa shape index (κ2) is 4.73. The molecule has 2 aromatic heterocycles. The number of para-hydroxylation sites is 1. The zero-order valence-electron chi connectivity index (χ0n) is 10.9. The number of benzene rings is 1. The largest absolute Gasteiger partial charge is 0.398 e. The average molecular weight is 267 g/mol. The molecular weight excluding hydrogens is 254 g/mol. The van der Waals surface area contributed by atoms with Gasteiger partial charge in [-0.25, -0.2) is 4.98 Å². The van der Waals surface area contributed by atoms with Crippen LogP contribution in [0.3, 0.4) is 0 Å². The molecule has 2 N–H and O–H groups in total. The minimum Gasteiger partial charge on any atom is -0.398 e. The van der Waals surface area contributed by atoms with Gasteiger partial charge in [0.2, 0.25) is 0 Å². The molecule has 0 aliphatic heterocycles. The number of nitrogen functional groups attached to an aromatic ring is 1. The van der Waals surface area contributed by atoms with Crippen LogP contribution in [0.25, 0.3) is 10.9 Å². The molecule has 0 radical (unpaired) electrons. The van der Waals surface area contributed by atoms with E-state index in [0.717, 1.165) is 10.9 Å². The molecule has 3 aromatic rings. The van der Waals surface area contributed by atoms with Crippen molar-refractivity contribution in [2.75, 3.05) is 5.73 Å². The van der Waals surface area contributed by atoms with E-state index in [9.17, 15) is 4.79 Å². The average Bonchev–Trinajstić information content (AvgIpc) is 2.84. The lowest BCUT2D eigenvalue weighted by atomic mass is 10.1. The maximum atomic E-state index is 12.2. The van der Waals surface area contributed by atoms with Gasteiger partial charge in [0.1, 0.15) is 5.69 Å². The summed E-state index contributed by atoms with van der Waals surface area (Å²) in [5.41, 5.74) is 8.21. The molecule has 20 heavy (non-hydrogen) atoms. The van der Waals surface area contributed by atoms with Crippen LogP contribution in [0.5, 0.6) is 0 Å². The van der Waals surface area contributed by atoms with E-state index in [1.54, 1.807) is 24.0 Å². The van der Waals surface area contributed by atoms with Crippen LogP contribution < -0.4 is 5.73 Å². The Hall–Kier alpha value is -2.76. The van der Waals surface area contributed by atoms with Crippen molar-refractivity contribution < 1.29 is 4.79 Å². The monoisotopic (exact) mass is 267 g/mol. The van der Waals surface area contributed by atoms with Crippen molar-refractivity contribution in [1.82, 2.24) is 20.0 Å². The topological polar surface area (TPSA) is 86.7 Å². The third-order valence-electron chi connectivity index (χ3n) is 3.03. The van der Waals surface area contributed by atoms with Gasteiger partial charge in [0.05, 0.1) is 17.6 Å². The van der Waals surface area contributed by atoms with Gasteiger partial charge in [-0.2, -0.15) is 0 Å². The summed E-state index contributed by atoms with van der Waals surface area (Å²) in [4.78, 5) is 16.6. The molecule has 0 fully saturated rings. The molecule has 6 nitrogen and oxygen atoms in total. The van der Waals surface area contributed by atoms with E-state index in [1.165, 1.54) is 0 Å². The Kier molecular flexibility index (Phi) is 2.90. The molecule has 0 saturated carbocycles. The van der Waals surface area contributed by atoms with Gasteiger partial charge in [-0.1, -0.05) is 23.4 Å². The molecule has 3 rings (SSSR count). The second-order valence-electron chi connectivity index (χ2n) is 4.60. The molecule has 0 spiro atoms. The molecule has 0 aliphatic rings. The summed E-state index contributed by atoms with van der Waals surface area (Å²) in [5.74, 6) is -0.122. The van der Waals surface area contributed by atoms with E-state index in [0.29, 0.717) is 17.1 Å². The normalized spacial score (nSPS) is 10.8. The minimum absolute atomic E-state index is 0.122. The zero-order valence-corrected chi connectivity index (χ0v) is 10.9. The number of anilines is 1. The van der Waals surface area contributed by atoms with E-state index in [2.05, 4.69) is 15.3 Å². The second-order valence-corrected chi connectivity index (χ2v) is 4.60. The van der Waals surface area contributed by atoms with Gasteiger partial charge in [-0.15, -0.1) is 5.10 Å². The lowest BCUT2D eigenvalue weighted by molar-refractivity contribution is 0.0987. The Morgan fingerprint density at radius 3 is 2.90 bits per heavy atom. The molecular formula is C14H13N5O. The van der Waals surface area contributed by atoms with Gasteiger partial charge >= 0.3 is 0 Å². The first-order valence-corrected chi connectivity index (χ1v) is 6.17. The molecule has 0 amide bonds. The van der Waals surface area contributed by atoms with Crippen LogP contribution in [-0.2, 0) is 13.5 Å². The van der Waals surface area contributed by atoms with Gasteiger partial charge in [0, 0.05) is 24.3 Å². The van der Waals surface area contributed by atoms with Gasteiger partial charge in [0.15, 0.2) is 5.78 Å². The molecule has 0 bridgehead atoms. The molecule has 2 heterocycles. The highest BCUT2D eigenvalue weighted by Crippen LogP contribution is 2.20. The fourth-order valence-corrected chi connectivity index (χ4v) is 2.08. The highest BCUT2D eigenvalue weighted by atomic mass is 16.1. The van der Waals surface area contributed by atoms with Crippen LogP contribution >= 0.6 is 0 Å². The van der Waals surface area contributed by atoms with Crippen molar-refractivity contribution in [2.24, 2.45) is 7.05 Å². The van der Waals surface area contributed by atoms with Crippen molar-refractivity contribution in [1.29, 1.82) is 0 Å². The summed E-state index contributed by atoms with van der Waals surface area (Å²) in [6, 6.07) is 9.09. The van der Waals surface area contributed by atoms with Crippen molar-refractivity contribution >= 4 is 22.4 Å². The van der Waals surface area contributed by atoms with Crippen LogP contribution in [0, 0.1) is 0 Å². The molecule has 0 atom stereocenters. The lowest BCUT2D eigenvalue weighted by Gasteiger charge is -2.04. The Labute approximate surface area is 115 Å². The number of ketones is 1. The first-order chi connectivity index (χ1) is 9.63. The number of pyridine rings is 1. The molecule has 0 unspecified atom stereocenters. The first kappa shape index (κ1) is 12.3. The predicted molar refractivity (Wildman–Crippen MR) is 75.2 cm³/mol. The number of carbonyl (C=O) groups is 1. The van der Waals surface area contributed by atoms with Gasteiger partial charge in [-0.05, 0) is 12.1 Å². The number of hydrogen-bond donors (Lipinski definition) is 1. The Morgan fingerprint density at radius 1 is 1.35 bits per heavy atom. The standard InChI is InChI=1S/C14H13N5O/c1-19-8-9(17-18-19)6-14(20)13-7-11(15)10-4-2-3-5-12(10)16-13/h2-5,7-8H,6H2,1H3,(H2,15,16). The number of hydrogen-bond acceptors (Lipinski definition) is 5. The van der Waals surface area contributed by atoms with Crippen LogP contribution in [0.4, 0.5) is 5.69 Å². The van der Waals surface area contributed by atoms with E-state index < -0.39 is 0 Å². The maximum Gasteiger partial charge on any atom is 0.187 e. The smallest absolute Gasteiger partial charge is 0.187 e. The van der Waals surface area contributed by atoms with Gasteiger partial charge in [-0.3, -0.25) is 9.48 Å². The Morgan fingerprint density at radius 2 is 2.15 bits per heavy atom. The van der Waals surface area contributed by atoms with Gasteiger partial charge in [0.25, 0.3) is 0 Å². The third kappa shape index (κ3) is 2.23. The third-order valence-corrected chi connectivity index (χ3v) is 3.03. The van der Waals surface area contributed by atoms with E-state index in [4.69, 9.17) is 5.73 Å². The number of Topliss-reactive ketones (excluding diaryl/α,β-unsaturated/α-hetero) is 1. The zero-order chi connectivity index (χ0) is 14.1. The molecule has 0 saturated heterocycles. The van der Waals surface area contributed by atoms with E-state index in [-0.39, 0.29) is 12.2 Å². The number of rotatable bonds is 3. The molecule has 100 valence electrons. The minimum atomic E-state index is -0.122. The Balaban J connectivity index is 1.95. The quantitative estimate of drug-likeness (QED) is 0.724. The van der Waals surface area contributed by atoms with Crippen molar-refractivity contribution in [2.45, 2.75) is 6.42 Å². The Bertz CT molecular complexity index is 793. The first-order valence-electron chi connectivity index (χ1n) is 6.17. The molecule has 6 heteroatoms. The highest BCUT2D eigenvalue weighted by Gasteiger charge is 2.13. The fourth-order valence-electron chi connectivity index (χ4n) is 2.08. The lowest BCUT2D eigenvalue weighted by Crippen LogP contribution is -2.07. The summed E-state index contributed by atoms with van der Waals surface area (Å²) < 4.78 is 1.56. The molecule has 1 aromatic carbocycles. The van der Waals surface area contributed by atoms with Crippen molar-refractivity contribution in [3.63, 3.8) is 0 Å². The molecule has 0 aliphatic carbocycles. The number of fused-ring (bicyclic) bond motifs is 1. The number of aromatic nitrogens is 4. The summed E-state index contributed by atoms with van der Waals surface area (Å²) in [6.45, 7) is 0. The van der Waals surface area contributed by atoms with Crippen LogP contribution in [-0.4, -0.2) is 25.8 Å². The summed E-state index contributed by atoms with van der Waals surface area (Å²) >= 11 is 0. The number of nitrogens with two attached hydrogens (primary N) is 1. The van der Waals surface area contributed by atoms with Crippen molar-refractivity contribution in [3.05, 3.63) is 47.9 Å². The summed E-state index contributed by atoms with van der Waals surface area (Å²) in [6.07, 6.45) is 1.88. The van der Waals surface area contributed by atoms with Gasteiger partial charge < -0.3 is 5.73 Å². The summed E-state index contributed by atoms with van der Waals surface area (Å²) in [7, 11) is 1.76. The van der Waals surface area contributed by atoms with E-state index >= 15 is 0 Å². The number of carbonyl (C=O) groups excluding carboxylic acids is 1. The van der Waals surface area contributed by atoms with Crippen LogP contribution in [0.15, 0.2) is 36.5 Å². The number of aryl methyl sites for hydroxylation is 1. The van der Waals surface area contributed by atoms with Crippen LogP contribution in [0.1, 0.15) is 16.2 Å². The van der Waals surface area contributed by atoms with Crippen molar-refractivity contribution in [3.8, 4) is 0 Å². The maximum absolute atomic E-state index is 12.2. The predicted octanol–water partition coefficient (Wildman–Crippen LogP) is 1.37. The summed E-state index contributed by atoms with van der Waals surface area (Å²) in [5, 5.41) is 8.55. The highest BCUT2D eigenvalue weighted by molar-refractivity contribution is 6.00.